The van der Waals surface area contributed by atoms with E-state index in [4.69, 9.17) is 26.8 Å². The second kappa shape index (κ2) is 7.93. The van der Waals surface area contributed by atoms with Crippen LogP contribution in [0.2, 0.25) is 5.02 Å². The van der Waals surface area contributed by atoms with Crippen LogP contribution in [0, 0.1) is 5.92 Å². The molecule has 2 aromatic carbocycles. The Morgan fingerprint density at radius 3 is 2.62 bits per heavy atom. The molecule has 128 valence electrons. The maximum absolute atomic E-state index is 12.4. The van der Waals surface area contributed by atoms with E-state index in [1.807, 2.05) is 13.8 Å². The van der Waals surface area contributed by atoms with Crippen molar-refractivity contribution in [3.05, 3.63) is 47.0 Å². The minimum Gasteiger partial charge on any atom is -0.493 e. The molecule has 2 aromatic rings. The summed E-state index contributed by atoms with van der Waals surface area (Å²) in [6.07, 6.45) is 0. The number of benzene rings is 2. The van der Waals surface area contributed by atoms with Crippen molar-refractivity contribution in [3.63, 3.8) is 0 Å². The number of nitrogens with two attached hydrogens (primary N) is 1. The summed E-state index contributed by atoms with van der Waals surface area (Å²) in [6, 6.07) is 10.2. The van der Waals surface area contributed by atoms with E-state index in [9.17, 15) is 4.79 Å². The molecule has 0 saturated heterocycles. The zero-order valence-corrected chi connectivity index (χ0v) is 14.7. The van der Waals surface area contributed by atoms with E-state index < -0.39 is 0 Å². The highest BCUT2D eigenvalue weighted by Gasteiger charge is 2.17. The number of nitrogens with one attached hydrogen (secondary N) is 1. The predicted molar refractivity (Wildman–Crippen MR) is 97.1 cm³/mol. The molecule has 24 heavy (non-hydrogen) atoms. The van der Waals surface area contributed by atoms with Crippen LogP contribution in [0.1, 0.15) is 24.2 Å². The van der Waals surface area contributed by atoms with Crippen molar-refractivity contribution in [2.75, 3.05) is 24.8 Å². The van der Waals surface area contributed by atoms with Crippen molar-refractivity contribution >= 4 is 28.9 Å². The maximum atomic E-state index is 12.4. The van der Waals surface area contributed by atoms with Gasteiger partial charge in [0.25, 0.3) is 5.91 Å². The van der Waals surface area contributed by atoms with Gasteiger partial charge < -0.3 is 20.5 Å². The fourth-order valence-corrected chi connectivity index (χ4v) is 2.31. The number of ether oxygens (including phenoxy) is 2. The Kier molecular flexibility index (Phi) is 5.93. The number of para-hydroxylation sites is 2. The van der Waals surface area contributed by atoms with Gasteiger partial charge in [0.15, 0.2) is 11.5 Å². The van der Waals surface area contributed by atoms with Crippen LogP contribution in [-0.2, 0) is 0 Å². The van der Waals surface area contributed by atoms with Gasteiger partial charge in [-0.25, -0.2) is 0 Å². The van der Waals surface area contributed by atoms with Gasteiger partial charge in [0.2, 0.25) is 0 Å². The van der Waals surface area contributed by atoms with E-state index in [0.717, 1.165) is 0 Å². The average Bonchev–Trinajstić information content (AvgIpc) is 2.54. The molecule has 0 aliphatic carbocycles. The molecule has 2 rings (SSSR count). The number of anilines is 2. The topological polar surface area (TPSA) is 73.6 Å². The molecule has 6 heteroatoms. The van der Waals surface area contributed by atoms with Gasteiger partial charge in [0.05, 0.1) is 30.1 Å². The summed E-state index contributed by atoms with van der Waals surface area (Å²) in [5.41, 5.74) is 7.22. The molecule has 0 atom stereocenters. The van der Waals surface area contributed by atoms with Crippen molar-refractivity contribution in [1.82, 2.24) is 0 Å². The maximum Gasteiger partial charge on any atom is 0.255 e. The molecular formula is C18H21ClN2O3. The second-order valence-electron chi connectivity index (χ2n) is 5.74. The predicted octanol–water partition coefficient (Wildman–Crippen LogP) is 4.22. The van der Waals surface area contributed by atoms with Crippen LogP contribution in [-0.4, -0.2) is 19.6 Å². The van der Waals surface area contributed by atoms with Gasteiger partial charge in [-0.2, -0.15) is 0 Å². The Bertz CT molecular complexity index is 732. The van der Waals surface area contributed by atoms with E-state index in [1.54, 1.807) is 36.4 Å². The van der Waals surface area contributed by atoms with Gasteiger partial charge >= 0.3 is 0 Å². The fourth-order valence-electron chi connectivity index (χ4n) is 2.05. The van der Waals surface area contributed by atoms with Crippen LogP contribution in [0.25, 0.3) is 0 Å². The molecule has 0 unspecified atom stereocenters. The van der Waals surface area contributed by atoms with Gasteiger partial charge in [0, 0.05) is 5.56 Å². The molecule has 5 nitrogen and oxygen atoms in total. The first kappa shape index (κ1) is 17.9. The van der Waals surface area contributed by atoms with Crippen LogP contribution < -0.4 is 20.5 Å². The summed E-state index contributed by atoms with van der Waals surface area (Å²) >= 11 is 6.27. The highest BCUT2D eigenvalue weighted by Crippen LogP contribution is 2.37. The molecule has 0 aliphatic rings. The first-order valence-corrected chi connectivity index (χ1v) is 7.96. The van der Waals surface area contributed by atoms with E-state index in [1.165, 1.54) is 7.11 Å². The highest BCUT2D eigenvalue weighted by atomic mass is 35.5. The molecule has 0 radical (unpaired) electrons. The zero-order valence-electron chi connectivity index (χ0n) is 13.9. The first-order valence-electron chi connectivity index (χ1n) is 7.58. The van der Waals surface area contributed by atoms with E-state index in [2.05, 4.69) is 5.32 Å². The average molecular weight is 349 g/mol. The third-order valence-corrected chi connectivity index (χ3v) is 3.54. The molecule has 0 saturated carbocycles. The number of amides is 1. The van der Waals surface area contributed by atoms with Crippen molar-refractivity contribution in [1.29, 1.82) is 0 Å². The number of nitrogen functional groups attached to an aromatic ring is 1. The summed E-state index contributed by atoms with van der Waals surface area (Å²) < 4.78 is 11.0. The molecule has 0 fully saturated rings. The zero-order chi connectivity index (χ0) is 17.7. The van der Waals surface area contributed by atoms with Crippen molar-refractivity contribution in [2.45, 2.75) is 13.8 Å². The van der Waals surface area contributed by atoms with E-state index in [0.29, 0.717) is 46.0 Å². The molecule has 0 heterocycles. The smallest absolute Gasteiger partial charge is 0.255 e. The molecule has 0 bridgehead atoms. The van der Waals surface area contributed by atoms with Gasteiger partial charge in [-0.1, -0.05) is 37.6 Å². The number of methoxy groups -OCH3 is 1. The van der Waals surface area contributed by atoms with Crippen LogP contribution >= 0.6 is 11.6 Å². The minimum absolute atomic E-state index is 0.321. The molecule has 3 N–H and O–H groups in total. The Labute approximate surface area is 146 Å². The third kappa shape index (κ3) is 4.32. The molecule has 0 aliphatic heterocycles. The number of halogens is 1. The summed E-state index contributed by atoms with van der Waals surface area (Å²) in [4.78, 5) is 12.4. The van der Waals surface area contributed by atoms with E-state index in [-0.39, 0.29) is 5.91 Å². The fraction of sp³-hybridized carbons (Fsp3) is 0.278. The van der Waals surface area contributed by atoms with Crippen LogP contribution in [0.5, 0.6) is 11.5 Å². The monoisotopic (exact) mass is 348 g/mol. The highest BCUT2D eigenvalue weighted by molar-refractivity contribution is 6.32. The van der Waals surface area contributed by atoms with Crippen LogP contribution in [0.15, 0.2) is 36.4 Å². The Morgan fingerprint density at radius 1 is 1.29 bits per heavy atom. The lowest BCUT2D eigenvalue weighted by molar-refractivity contribution is 0.102. The molecule has 0 aromatic heterocycles. The number of hydrogen-bond acceptors (Lipinski definition) is 4. The Hall–Kier alpha value is -2.40. The van der Waals surface area contributed by atoms with Gasteiger partial charge in [-0.15, -0.1) is 0 Å². The third-order valence-electron chi connectivity index (χ3n) is 3.26. The summed E-state index contributed by atoms with van der Waals surface area (Å²) in [7, 11) is 1.50. The minimum atomic E-state index is -0.330. The number of carbonyl (C=O) groups excluding carboxylic acids is 1. The largest absolute Gasteiger partial charge is 0.493 e. The standard InChI is InChI=1S/C18H21ClN2O3/c1-11(2)10-24-17-13(19)8-12(9-16(17)23-3)18(22)21-15-7-5-4-6-14(15)20/h4-9,11H,10,20H2,1-3H3,(H,21,22). The number of rotatable bonds is 6. The summed E-state index contributed by atoms with van der Waals surface area (Å²) in [5, 5.41) is 3.08. The normalized spacial score (nSPS) is 10.5. The molecule has 1 amide bonds. The van der Waals surface area contributed by atoms with Gasteiger partial charge in [-0.3, -0.25) is 4.79 Å². The lowest BCUT2D eigenvalue weighted by Gasteiger charge is -2.15. The number of hydrogen-bond donors (Lipinski definition) is 2. The van der Waals surface area contributed by atoms with Crippen LogP contribution in [0.3, 0.4) is 0 Å². The number of carbonyl (C=O) groups is 1. The summed E-state index contributed by atoms with van der Waals surface area (Å²) in [5.74, 6) is 0.858. The van der Waals surface area contributed by atoms with Crippen molar-refractivity contribution in [3.8, 4) is 11.5 Å². The molecular weight excluding hydrogens is 328 g/mol. The Balaban J connectivity index is 2.26. The lowest BCUT2D eigenvalue weighted by Crippen LogP contribution is -2.14. The van der Waals surface area contributed by atoms with E-state index >= 15 is 0 Å². The van der Waals surface area contributed by atoms with Gasteiger partial charge in [-0.05, 0) is 30.2 Å². The SMILES string of the molecule is COc1cc(C(=O)Nc2ccccc2N)cc(Cl)c1OCC(C)C. The van der Waals surface area contributed by atoms with Crippen molar-refractivity contribution in [2.24, 2.45) is 5.92 Å². The Morgan fingerprint density at radius 2 is 2.00 bits per heavy atom. The second-order valence-corrected chi connectivity index (χ2v) is 6.14. The summed E-state index contributed by atoms with van der Waals surface area (Å²) in [6.45, 7) is 4.57. The first-order chi connectivity index (χ1) is 11.4. The lowest BCUT2D eigenvalue weighted by atomic mass is 10.1. The van der Waals surface area contributed by atoms with Crippen molar-refractivity contribution < 1.29 is 14.3 Å². The van der Waals surface area contributed by atoms with Gasteiger partial charge in [0.1, 0.15) is 0 Å². The molecule has 0 spiro atoms. The van der Waals surface area contributed by atoms with Crippen LogP contribution in [0.4, 0.5) is 11.4 Å². The quantitative estimate of drug-likeness (QED) is 0.766.